The van der Waals surface area contributed by atoms with Gasteiger partial charge in [-0.05, 0) is 18.8 Å². The van der Waals surface area contributed by atoms with Crippen molar-refractivity contribution in [3.05, 3.63) is 11.8 Å². The smallest absolute Gasteiger partial charge is 0.263 e. The lowest BCUT2D eigenvalue weighted by Gasteiger charge is -2.22. The summed E-state index contributed by atoms with van der Waals surface area (Å²) < 4.78 is 0. The van der Waals surface area contributed by atoms with Gasteiger partial charge in [-0.25, -0.2) is 0 Å². The van der Waals surface area contributed by atoms with E-state index in [0.29, 0.717) is 5.92 Å². The largest absolute Gasteiger partial charge is 0.389 e. The fraction of sp³-hybridized carbons (Fsp3) is 0.714. The molecule has 1 aliphatic carbocycles. The van der Waals surface area contributed by atoms with E-state index < -0.39 is 0 Å². The molecule has 100 valence electrons. The van der Waals surface area contributed by atoms with Gasteiger partial charge in [-0.1, -0.05) is 33.1 Å². The van der Waals surface area contributed by atoms with Crippen LogP contribution in [0.4, 0.5) is 0 Å². The van der Waals surface area contributed by atoms with E-state index in [2.05, 4.69) is 24.5 Å². The molecule has 0 atom stereocenters. The molecule has 18 heavy (non-hydrogen) atoms. The molecule has 0 aromatic carbocycles. The molecule has 1 fully saturated rings. The van der Waals surface area contributed by atoms with Crippen molar-refractivity contribution in [2.24, 2.45) is 5.92 Å². The maximum absolute atomic E-state index is 11.9. The van der Waals surface area contributed by atoms with E-state index >= 15 is 0 Å². The summed E-state index contributed by atoms with van der Waals surface area (Å²) in [6.07, 6.45) is 7.18. The average Bonchev–Trinajstić information content (AvgIpc) is 2.35. The number of nitrogens with zero attached hydrogens (tertiary/aromatic N) is 1. The van der Waals surface area contributed by atoms with Crippen LogP contribution in [0.15, 0.2) is 11.8 Å². The summed E-state index contributed by atoms with van der Waals surface area (Å²) in [5, 5.41) is 14.9. The second kappa shape index (κ2) is 7.75. The minimum Gasteiger partial charge on any atom is -0.389 e. The Balaban J connectivity index is 2.43. The van der Waals surface area contributed by atoms with Crippen LogP contribution in [0, 0.1) is 17.2 Å². The molecular formula is C14H23N3O. The molecule has 2 N–H and O–H groups in total. The SMILES string of the molecule is CC(C)CN/C=C(/C#N)C(=O)NC1CCCCC1. The van der Waals surface area contributed by atoms with Gasteiger partial charge in [0.2, 0.25) is 0 Å². The van der Waals surface area contributed by atoms with Crippen LogP contribution >= 0.6 is 0 Å². The van der Waals surface area contributed by atoms with E-state index in [1.807, 2.05) is 6.07 Å². The van der Waals surface area contributed by atoms with Crippen LogP contribution in [0.2, 0.25) is 0 Å². The van der Waals surface area contributed by atoms with Crippen LogP contribution in [0.25, 0.3) is 0 Å². The highest BCUT2D eigenvalue weighted by Crippen LogP contribution is 2.17. The summed E-state index contributed by atoms with van der Waals surface area (Å²) >= 11 is 0. The molecule has 0 saturated heterocycles. The summed E-state index contributed by atoms with van der Waals surface area (Å²) in [4.78, 5) is 11.9. The number of nitriles is 1. The molecule has 4 heteroatoms. The van der Waals surface area contributed by atoms with E-state index in [1.54, 1.807) is 0 Å². The highest BCUT2D eigenvalue weighted by atomic mass is 16.1. The van der Waals surface area contributed by atoms with E-state index in [-0.39, 0.29) is 17.5 Å². The maximum atomic E-state index is 11.9. The molecule has 0 bridgehead atoms. The summed E-state index contributed by atoms with van der Waals surface area (Å²) in [6.45, 7) is 4.92. The van der Waals surface area contributed by atoms with Crippen molar-refractivity contribution in [1.29, 1.82) is 5.26 Å². The van der Waals surface area contributed by atoms with Gasteiger partial charge in [0, 0.05) is 18.8 Å². The first-order valence-electron chi connectivity index (χ1n) is 6.78. The van der Waals surface area contributed by atoms with Crippen molar-refractivity contribution in [3.8, 4) is 6.07 Å². The molecular weight excluding hydrogens is 226 g/mol. The molecule has 0 unspecified atom stereocenters. The highest BCUT2D eigenvalue weighted by Gasteiger charge is 2.17. The van der Waals surface area contributed by atoms with Crippen LogP contribution in [0.5, 0.6) is 0 Å². The number of rotatable bonds is 5. The number of carbonyl (C=O) groups excluding carboxylic acids is 1. The van der Waals surface area contributed by atoms with Crippen molar-refractivity contribution in [2.45, 2.75) is 52.0 Å². The topological polar surface area (TPSA) is 64.9 Å². The minimum absolute atomic E-state index is 0.168. The molecule has 1 amide bonds. The van der Waals surface area contributed by atoms with Gasteiger partial charge in [0.15, 0.2) is 0 Å². The van der Waals surface area contributed by atoms with Crippen LogP contribution in [-0.2, 0) is 4.79 Å². The van der Waals surface area contributed by atoms with E-state index in [9.17, 15) is 4.79 Å². The van der Waals surface area contributed by atoms with Crippen molar-refractivity contribution in [2.75, 3.05) is 6.54 Å². The average molecular weight is 249 g/mol. The van der Waals surface area contributed by atoms with Gasteiger partial charge in [0.1, 0.15) is 11.6 Å². The van der Waals surface area contributed by atoms with Crippen LogP contribution in [-0.4, -0.2) is 18.5 Å². The molecule has 1 rings (SSSR count). The Hall–Kier alpha value is -1.50. The Morgan fingerprint density at radius 1 is 1.39 bits per heavy atom. The molecule has 0 aromatic heterocycles. The van der Waals surface area contributed by atoms with Crippen molar-refractivity contribution in [1.82, 2.24) is 10.6 Å². The Labute approximate surface area is 109 Å². The lowest BCUT2D eigenvalue weighted by atomic mass is 9.95. The fourth-order valence-corrected chi connectivity index (χ4v) is 2.06. The van der Waals surface area contributed by atoms with Crippen molar-refractivity contribution >= 4 is 5.91 Å². The molecule has 1 aliphatic rings. The van der Waals surface area contributed by atoms with Crippen LogP contribution < -0.4 is 10.6 Å². The zero-order chi connectivity index (χ0) is 13.4. The molecule has 0 radical (unpaired) electrons. The van der Waals surface area contributed by atoms with Gasteiger partial charge in [0.05, 0.1) is 0 Å². The quantitative estimate of drug-likeness (QED) is 0.579. The fourth-order valence-electron chi connectivity index (χ4n) is 2.06. The predicted molar refractivity (Wildman–Crippen MR) is 71.6 cm³/mol. The third-order valence-electron chi connectivity index (χ3n) is 3.08. The molecule has 4 nitrogen and oxygen atoms in total. The van der Waals surface area contributed by atoms with Gasteiger partial charge in [0.25, 0.3) is 5.91 Å². The summed E-state index contributed by atoms with van der Waals surface area (Å²) in [7, 11) is 0. The minimum atomic E-state index is -0.249. The van der Waals surface area contributed by atoms with E-state index in [4.69, 9.17) is 5.26 Å². The lowest BCUT2D eigenvalue weighted by molar-refractivity contribution is -0.118. The number of hydrogen-bond donors (Lipinski definition) is 2. The molecule has 0 aliphatic heterocycles. The zero-order valence-electron chi connectivity index (χ0n) is 11.3. The van der Waals surface area contributed by atoms with Gasteiger partial charge in [-0.2, -0.15) is 5.26 Å². The third-order valence-corrected chi connectivity index (χ3v) is 3.08. The highest BCUT2D eigenvalue weighted by molar-refractivity contribution is 5.97. The van der Waals surface area contributed by atoms with Gasteiger partial charge < -0.3 is 10.6 Å². The van der Waals surface area contributed by atoms with Gasteiger partial charge >= 0.3 is 0 Å². The Morgan fingerprint density at radius 2 is 2.06 bits per heavy atom. The van der Waals surface area contributed by atoms with Gasteiger partial charge in [-0.3, -0.25) is 4.79 Å². The first-order chi connectivity index (χ1) is 8.63. The van der Waals surface area contributed by atoms with E-state index in [0.717, 1.165) is 19.4 Å². The lowest BCUT2D eigenvalue weighted by Crippen LogP contribution is -2.37. The maximum Gasteiger partial charge on any atom is 0.263 e. The zero-order valence-corrected chi connectivity index (χ0v) is 11.3. The summed E-state index contributed by atoms with van der Waals surface area (Å²) in [5.41, 5.74) is 0.168. The van der Waals surface area contributed by atoms with Crippen LogP contribution in [0.1, 0.15) is 46.0 Å². The van der Waals surface area contributed by atoms with Crippen molar-refractivity contribution in [3.63, 3.8) is 0 Å². The number of nitrogens with one attached hydrogen (secondary N) is 2. The monoisotopic (exact) mass is 249 g/mol. The molecule has 1 saturated carbocycles. The third kappa shape index (κ3) is 5.22. The molecule has 0 spiro atoms. The Bertz CT molecular complexity index is 335. The summed E-state index contributed by atoms with van der Waals surface area (Å²) in [6, 6.07) is 2.20. The number of amides is 1. The number of carbonyl (C=O) groups is 1. The molecule has 0 aromatic rings. The molecule has 0 heterocycles. The second-order valence-corrected chi connectivity index (χ2v) is 5.28. The summed E-state index contributed by atoms with van der Waals surface area (Å²) in [5.74, 6) is 0.239. The van der Waals surface area contributed by atoms with Gasteiger partial charge in [-0.15, -0.1) is 0 Å². The Morgan fingerprint density at radius 3 is 2.61 bits per heavy atom. The predicted octanol–water partition coefficient (Wildman–Crippen LogP) is 2.09. The Kier molecular flexibility index (Phi) is 6.27. The standard InChI is InChI=1S/C14H23N3O/c1-11(2)9-16-10-12(8-15)14(18)17-13-6-4-3-5-7-13/h10-11,13,16H,3-7,9H2,1-2H3,(H,17,18)/b12-10-. The normalized spacial score (nSPS) is 17.3. The van der Waals surface area contributed by atoms with Crippen molar-refractivity contribution < 1.29 is 4.79 Å². The number of hydrogen-bond acceptors (Lipinski definition) is 3. The first kappa shape index (κ1) is 14.6. The van der Waals surface area contributed by atoms with E-state index in [1.165, 1.54) is 25.5 Å². The second-order valence-electron chi connectivity index (χ2n) is 5.28. The van der Waals surface area contributed by atoms with Crippen LogP contribution in [0.3, 0.4) is 0 Å². The first-order valence-corrected chi connectivity index (χ1v) is 6.78.